The highest BCUT2D eigenvalue weighted by atomic mass is 35.5. The average Bonchev–Trinajstić information content (AvgIpc) is 3.16. The predicted octanol–water partition coefficient (Wildman–Crippen LogP) is 3.63. The zero-order valence-corrected chi connectivity index (χ0v) is 15.1. The Balaban J connectivity index is 2.23. The number of aldehydes is 1. The van der Waals surface area contributed by atoms with Crippen molar-refractivity contribution in [2.24, 2.45) is 0 Å². The first-order chi connectivity index (χ1) is 13.2. The molecule has 7 heteroatoms. The Morgan fingerprint density at radius 1 is 1.07 bits per heavy atom. The summed E-state index contributed by atoms with van der Waals surface area (Å²) in [5, 5.41) is 0.192. The van der Waals surface area contributed by atoms with Crippen LogP contribution in [0.15, 0.2) is 65.6 Å². The number of imidazole rings is 1. The number of hydrogen-bond acceptors (Lipinski definition) is 4. The van der Waals surface area contributed by atoms with Crippen LogP contribution in [0, 0.1) is 0 Å². The molecular formula is C20H14ClN3O3. The Morgan fingerprint density at radius 2 is 1.78 bits per heavy atom. The van der Waals surface area contributed by atoms with Crippen LogP contribution >= 0.6 is 11.6 Å². The van der Waals surface area contributed by atoms with E-state index in [2.05, 4.69) is 4.98 Å². The van der Waals surface area contributed by atoms with Crippen LogP contribution in [0.2, 0.25) is 5.15 Å². The smallest absolute Gasteiger partial charge is 0.299 e. The quantitative estimate of drug-likeness (QED) is 0.508. The second kappa shape index (κ2) is 6.74. The maximum absolute atomic E-state index is 13.3. The summed E-state index contributed by atoms with van der Waals surface area (Å²) in [5.74, 6) is 0.551. The molecule has 0 bridgehead atoms. The number of ether oxygens (including phenoxy) is 1. The highest BCUT2D eigenvalue weighted by Gasteiger charge is 2.23. The summed E-state index contributed by atoms with van der Waals surface area (Å²) in [6.07, 6.45) is 1.95. The van der Waals surface area contributed by atoms with Crippen molar-refractivity contribution in [1.29, 1.82) is 0 Å². The third-order valence-electron chi connectivity index (χ3n) is 4.30. The molecule has 4 rings (SSSR count). The molecule has 2 aromatic heterocycles. The molecule has 0 aliphatic rings. The zero-order valence-electron chi connectivity index (χ0n) is 14.3. The van der Waals surface area contributed by atoms with Crippen molar-refractivity contribution in [1.82, 2.24) is 14.0 Å². The van der Waals surface area contributed by atoms with Gasteiger partial charge in [-0.25, -0.2) is 4.98 Å². The SMILES string of the molecule is COc1ccccc1-c1c(Cl)n2c(C=O)cnc2c(=O)n1-c1ccccc1. The first-order valence-electron chi connectivity index (χ1n) is 8.13. The van der Waals surface area contributed by atoms with E-state index < -0.39 is 0 Å². The molecule has 2 aromatic carbocycles. The number of carbonyl (C=O) groups excluding carboxylic acids is 1. The van der Waals surface area contributed by atoms with Gasteiger partial charge in [-0.2, -0.15) is 0 Å². The van der Waals surface area contributed by atoms with Gasteiger partial charge in [-0.05, 0) is 24.3 Å². The van der Waals surface area contributed by atoms with Crippen LogP contribution in [0.1, 0.15) is 10.5 Å². The third kappa shape index (κ3) is 2.62. The van der Waals surface area contributed by atoms with Gasteiger partial charge in [0.05, 0.1) is 19.0 Å². The van der Waals surface area contributed by atoms with Gasteiger partial charge in [0.1, 0.15) is 16.6 Å². The fourth-order valence-electron chi connectivity index (χ4n) is 3.10. The lowest BCUT2D eigenvalue weighted by atomic mass is 10.1. The molecule has 6 nitrogen and oxygen atoms in total. The molecule has 27 heavy (non-hydrogen) atoms. The van der Waals surface area contributed by atoms with Crippen LogP contribution in [0.4, 0.5) is 0 Å². The number of hydrogen-bond donors (Lipinski definition) is 0. The molecule has 0 radical (unpaired) electrons. The van der Waals surface area contributed by atoms with Gasteiger partial charge in [0.2, 0.25) is 5.65 Å². The Bertz CT molecular complexity index is 1210. The number of nitrogens with zero attached hydrogens (tertiary/aromatic N) is 3. The van der Waals surface area contributed by atoms with E-state index in [1.807, 2.05) is 36.4 Å². The van der Waals surface area contributed by atoms with Crippen LogP contribution in [0.5, 0.6) is 5.75 Å². The first-order valence-corrected chi connectivity index (χ1v) is 8.51. The molecular weight excluding hydrogens is 366 g/mol. The van der Waals surface area contributed by atoms with E-state index in [0.29, 0.717) is 29.0 Å². The number of carbonyl (C=O) groups is 1. The zero-order chi connectivity index (χ0) is 19.0. The van der Waals surface area contributed by atoms with Gasteiger partial charge in [0.25, 0.3) is 5.56 Å². The number of methoxy groups -OCH3 is 1. The van der Waals surface area contributed by atoms with Crippen LogP contribution < -0.4 is 10.3 Å². The maximum atomic E-state index is 13.3. The summed E-state index contributed by atoms with van der Waals surface area (Å²) < 4.78 is 8.31. The van der Waals surface area contributed by atoms with E-state index in [1.54, 1.807) is 25.3 Å². The van der Waals surface area contributed by atoms with Crippen LogP contribution in [-0.4, -0.2) is 27.3 Å². The summed E-state index contributed by atoms with van der Waals surface area (Å²) in [5.41, 5.74) is 1.55. The van der Waals surface area contributed by atoms with Gasteiger partial charge in [-0.3, -0.25) is 18.6 Å². The van der Waals surface area contributed by atoms with Gasteiger partial charge in [-0.15, -0.1) is 0 Å². The second-order valence-electron chi connectivity index (χ2n) is 5.78. The second-order valence-corrected chi connectivity index (χ2v) is 6.13. The van der Waals surface area contributed by atoms with Crippen molar-refractivity contribution >= 4 is 23.5 Å². The number of halogens is 1. The average molecular weight is 380 g/mol. The highest BCUT2D eigenvalue weighted by molar-refractivity contribution is 6.32. The molecule has 0 atom stereocenters. The van der Waals surface area contributed by atoms with Crippen molar-refractivity contribution in [2.75, 3.05) is 7.11 Å². The number of rotatable bonds is 4. The molecule has 2 heterocycles. The van der Waals surface area contributed by atoms with Crippen molar-refractivity contribution < 1.29 is 9.53 Å². The third-order valence-corrected chi connectivity index (χ3v) is 4.64. The van der Waals surface area contributed by atoms with Crippen LogP contribution in [-0.2, 0) is 0 Å². The highest BCUT2D eigenvalue weighted by Crippen LogP contribution is 2.35. The van der Waals surface area contributed by atoms with Crippen LogP contribution in [0.25, 0.3) is 22.6 Å². The van der Waals surface area contributed by atoms with Gasteiger partial charge in [0, 0.05) is 11.3 Å². The molecule has 4 aromatic rings. The van der Waals surface area contributed by atoms with E-state index in [1.165, 1.54) is 15.2 Å². The van der Waals surface area contributed by atoms with Crippen molar-refractivity contribution in [3.8, 4) is 22.7 Å². The minimum atomic E-state index is -0.389. The topological polar surface area (TPSA) is 65.6 Å². The Morgan fingerprint density at radius 3 is 2.48 bits per heavy atom. The minimum absolute atomic E-state index is 0.0737. The van der Waals surface area contributed by atoms with Crippen LogP contribution in [0.3, 0.4) is 0 Å². The fourth-order valence-corrected chi connectivity index (χ4v) is 3.46. The lowest BCUT2D eigenvalue weighted by molar-refractivity contribution is 0.111. The molecule has 0 aliphatic carbocycles. The summed E-state index contributed by atoms with van der Waals surface area (Å²) in [7, 11) is 1.55. The van der Waals surface area contributed by atoms with E-state index in [-0.39, 0.29) is 22.1 Å². The van der Waals surface area contributed by atoms with Gasteiger partial charge in [-0.1, -0.05) is 41.9 Å². The van der Waals surface area contributed by atoms with E-state index >= 15 is 0 Å². The molecule has 0 unspecified atom stereocenters. The van der Waals surface area contributed by atoms with E-state index in [0.717, 1.165) is 0 Å². The molecule has 0 spiro atoms. The Labute approximate surface area is 159 Å². The molecule has 0 amide bonds. The Hall–Kier alpha value is -3.38. The van der Waals surface area contributed by atoms with E-state index in [4.69, 9.17) is 16.3 Å². The summed E-state index contributed by atoms with van der Waals surface area (Å²) in [6, 6.07) is 16.4. The lowest BCUT2D eigenvalue weighted by Gasteiger charge is -2.18. The van der Waals surface area contributed by atoms with Gasteiger partial charge in [0.15, 0.2) is 6.29 Å². The molecule has 0 N–H and O–H groups in total. The summed E-state index contributed by atoms with van der Waals surface area (Å²) >= 11 is 6.71. The number of benzene rings is 2. The number of fused-ring (bicyclic) bond motifs is 1. The molecule has 0 saturated carbocycles. The number of aromatic nitrogens is 3. The normalized spacial score (nSPS) is 10.9. The Kier molecular flexibility index (Phi) is 4.25. The number of para-hydroxylation sites is 2. The maximum Gasteiger partial charge on any atom is 0.299 e. The molecule has 0 saturated heterocycles. The monoisotopic (exact) mass is 379 g/mol. The lowest BCUT2D eigenvalue weighted by Crippen LogP contribution is -2.24. The molecule has 0 aliphatic heterocycles. The minimum Gasteiger partial charge on any atom is -0.496 e. The van der Waals surface area contributed by atoms with Gasteiger partial charge >= 0.3 is 0 Å². The largest absolute Gasteiger partial charge is 0.496 e. The van der Waals surface area contributed by atoms with Gasteiger partial charge < -0.3 is 4.74 Å². The van der Waals surface area contributed by atoms with Crippen molar-refractivity contribution in [3.63, 3.8) is 0 Å². The summed E-state index contributed by atoms with van der Waals surface area (Å²) in [4.78, 5) is 28.8. The summed E-state index contributed by atoms with van der Waals surface area (Å²) in [6.45, 7) is 0. The van der Waals surface area contributed by atoms with E-state index in [9.17, 15) is 9.59 Å². The standard InChI is InChI=1S/C20H14ClN3O3/c1-27-16-10-6-5-9-15(16)17-18(21)24-14(12-25)11-22-19(24)20(26)23(17)13-7-3-2-4-8-13/h2-12H,1H3. The van der Waals surface area contributed by atoms with Crippen molar-refractivity contribution in [2.45, 2.75) is 0 Å². The molecule has 0 fully saturated rings. The molecule has 134 valence electrons. The first kappa shape index (κ1) is 17.1. The van der Waals surface area contributed by atoms with Crippen molar-refractivity contribution in [3.05, 3.63) is 82.0 Å². The fraction of sp³-hybridized carbons (Fsp3) is 0.0500. The predicted molar refractivity (Wildman–Crippen MR) is 103 cm³/mol.